The van der Waals surface area contributed by atoms with Crippen LogP contribution in [0.25, 0.3) is 22.3 Å². The largest absolute Gasteiger partial charge is 0.366 e. The van der Waals surface area contributed by atoms with Crippen LogP contribution in [0, 0.1) is 0 Å². The van der Waals surface area contributed by atoms with E-state index in [-0.39, 0.29) is 0 Å². The van der Waals surface area contributed by atoms with Crippen LogP contribution in [0.3, 0.4) is 0 Å². The lowest BCUT2D eigenvalue weighted by molar-refractivity contribution is 0.100. The standard InChI is InChI=1S/C22H20N6O/c23-20(29)15-8-4-7-14-16(15)11-25-19(14)22-27-18-12-24-10-17(18)21(28-22)26-9-13-5-2-1-3-6-13/h1-8,11,24-25H,9-10,12H2,(H2,23,29)(H,26,27,28). The Morgan fingerprint density at radius 3 is 2.72 bits per heavy atom. The number of nitrogens with zero attached hydrogens (tertiary/aromatic N) is 2. The lowest BCUT2D eigenvalue weighted by Gasteiger charge is -2.12. The number of nitrogens with one attached hydrogen (secondary N) is 3. The quantitative estimate of drug-likeness (QED) is 0.423. The fourth-order valence-corrected chi connectivity index (χ4v) is 3.77. The SMILES string of the molecule is NC(=O)c1cccc2c(-c3nc4c(c(NCc5ccccc5)n3)CNC4)[nH]cc12. The summed E-state index contributed by atoms with van der Waals surface area (Å²) >= 11 is 0. The first-order chi connectivity index (χ1) is 14.2. The molecule has 0 aliphatic carbocycles. The summed E-state index contributed by atoms with van der Waals surface area (Å²) in [5.41, 5.74) is 10.0. The summed E-state index contributed by atoms with van der Waals surface area (Å²) in [6.45, 7) is 2.13. The van der Waals surface area contributed by atoms with E-state index in [1.54, 1.807) is 12.3 Å². The maximum absolute atomic E-state index is 11.7. The van der Waals surface area contributed by atoms with Crippen molar-refractivity contribution in [3.05, 3.63) is 77.1 Å². The van der Waals surface area contributed by atoms with Gasteiger partial charge in [0.25, 0.3) is 0 Å². The van der Waals surface area contributed by atoms with Crippen molar-refractivity contribution in [1.82, 2.24) is 20.3 Å². The molecule has 1 aliphatic heterocycles. The third kappa shape index (κ3) is 3.11. The molecule has 0 bridgehead atoms. The number of hydrogen-bond donors (Lipinski definition) is 4. The van der Waals surface area contributed by atoms with E-state index < -0.39 is 5.91 Å². The molecule has 2 aromatic heterocycles. The molecule has 0 unspecified atom stereocenters. The van der Waals surface area contributed by atoms with Crippen LogP contribution in [0.2, 0.25) is 0 Å². The molecule has 0 fully saturated rings. The van der Waals surface area contributed by atoms with Gasteiger partial charge in [0.05, 0.1) is 11.4 Å². The van der Waals surface area contributed by atoms with Crippen molar-refractivity contribution >= 4 is 22.5 Å². The summed E-state index contributed by atoms with van der Waals surface area (Å²) in [6, 6.07) is 15.7. The van der Waals surface area contributed by atoms with Crippen molar-refractivity contribution < 1.29 is 4.79 Å². The minimum absolute atomic E-state index is 0.453. The van der Waals surface area contributed by atoms with Crippen molar-refractivity contribution in [3.8, 4) is 11.5 Å². The summed E-state index contributed by atoms with van der Waals surface area (Å²) in [4.78, 5) is 24.6. The minimum Gasteiger partial charge on any atom is -0.366 e. The van der Waals surface area contributed by atoms with Gasteiger partial charge in [-0.2, -0.15) is 0 Å². The molecule has 7 nitrogen and oxygen atoms in total. The number of rotatable bonds is 5. The van der Waals surface area contributed by atoms with Gasteiger partial charge in [-0.1, -0.05) is 42.5 Å². The zero-order chi connectivity index (χ0) is 19.8. The number of nitrogens with two attached hydrogens (primary N) is 1. The second-order valence-corrected chi connectivity index (χ2v) is 7.06. The van der Waals surface area contributed by atoms with Crippen LogP contribution in [-0.2, 0) is 19.6 Å². The van der Waals surface area contributed by atoms with Crippen molar-refractivity contribution in [1.29, 1.82) is 0 Å². The van der Waals surface area contributed by atoms with Crippen LogP contribution in [0.15, 0.2) is 54.7 Å². The number of H-pyrrole nitrogens is 1. The number of primary amides is 1. The summed E-state index contributed by atoms with van der Waals surface area (Å²) in [6.07, 6.45) is 1.79. The first-order valence-corrected chi connectivity index (χ1v) is 9.49. The van der Waals surface area contributed by atoms with Crippen LogP contribution in [0.5, 0.6) is 0 Å². The maximum atomic E-state index is 11.7. The van der Waals surface area contributed by atoms with Gasteiger partial charge in [-0.25, -0.2) is 9.97 Å². The number of aromatic amines is 1. The van der Waals surface area contributed by atoms with E-state index in [1.165, 1.54) is 5.56 Å². The van der Waals surface area contributed by atoms with Gasteiger partial charge in [0.1, 0.15) is 5.82 Å². The van der Waals surface area contributed by atoms with E-state index >= 15 is 0 Å². The Morgan fingerprint density at radius 1 is 1.03 bits per heavy atom. The molecule has 2 aromatic carbocycles. The van der Waals surface area contributed by atoms with Crippen LogP contribution < -0.4 is 16.4 Å². The van der Waals surface area contributed by atoms with Crippen LogP contribution in [-0.4, -0.2) is 20.9 Å². The van der Waals surface area contributed by atoms with Gasteiger partial charge in [-0.3, -0.25) is 4.79 Å². The molecule has 5 N–H and O–H groups in total. The fraction of sp³-hybridized carbons (Fsp3) is 0.136. The van der Waals surface area contributed by atoms with Crippen LogP contribution in [0.4, 0.5) is 5.82 Å². The molecule has 0 spiro atoms. The Labute approximate surface area is 167 Å². The molecular formula is C22H20N6O. The van der Waals surface area contributed by atoms with Crippen molar-refractivity contribution in [2.75, 3.05) is 5.32 Å². The topological polar surface area (TPSA) is 109 Å². The first kappa shape index (κ1) is 17.4. The van der Waals surface area contributed by atoms with Gasteiger partial charge in [0, 0.05) is 47.7 Å². The number of aromatic nitrogens is 3. The van der Waals surface area contributed by atoms with E-state index in [9.17, 15) is 4.79 Å². The molecule has 7 heteroatoms. The number of amides is 1. The number of carbonyl (C=O) groups is 1. The molecule has 29 heavy (non-hydrogen) atoms. The Bertz CT molecular complexity index is 1210. The molecule has 144 valence electrons. The molecule has 0 atom stereocenters. The van der Waals surface area contributed by atoms with E-state index in [0.29, 0.717) is 24.5 Å². The Morgan fingerprint density at radius 2 is 1.90 bits per heavy atom. The average molecular weight is 384 g/mol. The lowest BCUT2D eigenvalue weighted by atomic mass is 10.1. The van der Waals surface area contributed by atoms with Crippen molar-refractivity contribution in [2.45, 2.75) is 19.6 Å². The van der Waals surface area contributed by atoms with Crippen LogP contribution in [0.1, 0.15) is 27.2 Å². The number of carbonyl (C=O) groups excluding carboxylic acids is 1. The Kier molecular flexibility index (Phi) is 4.22. The molecule has 0 saturated heterocycles. The van der Waals surface area contributed by atoms with Crippen molar-refractivity contribution in [2.24, 2.45) is 5.73 Å². The Balaban J connectivity index is 1.57. The molecule has 1 aliphatic rings. The molecule has 1 amide bonds. The number of benzene rings is 2. The van der Waals surface area contributed by atoms with E-state index in [2.05, 4.69) is 27.8 Å². The predicted octanol–water partition coefficient (Wildman–Crippen LogP) is 2.94. The number of fused-ring (bicyclic) bond motifs is 2. The predicted molar refractivity (Wildman–Crippen MR) is 112 cm³/mol. The molecule has 5 rings (SSSR count). The van der Waals surface area contributed by atoms with Gasteiger partial charge < -0.3 is 21.4 Å². The highest BCUT2D eigenvalue weighted by Gasteiger charge is 2.21. The molecule has 0 saturated carbocycles. The second-order valence-electron chi connectivity index (χ2n) is 7.06. The van der Waals surface area contributed by atoms with Gasteiger partial charge in [0.15, 0.2) is 5.82 Å². The lowest BCUT2D eigenvalue weighted by Crippen LogP contribution is -2.10. The molecule has 3 heterocycles. The zero-order valence-corrected chi connectivity index (χ0v) is 15.7. The smallest absolute Gasteiger partial charge is 0.249 e. The van der Waals surface area contributed by atoms with E-state index in [1.807, 2.05) is 30.3 Å². The third-order valence-corrected chi connectivity index (χ3v) is 5.22. The normalized spacial score (nSPS) is 12.8. The van der Waals surface area contributed by atoms with Gasteiger partial charge in [0.2, 0.25) is 5.91 Å². The van der Waals surface area contributed by atoms with E-state index in [0.717, 1.165) is 40.1 Å². The number of anilines is 1. The second kappa shape index (κ2) is 7.03. The molecule has 4 aromatic rings. The Hall–Kier alpha value is -3.71. The summed E-state index contributed by atoms with van der Waals surface area (Å²) in [5, 5.41) is 8.46. The monoisotopic (exact) mass is 384 g/mol. The van der Waals surface area contributed by atoms with Crippen LogP contribution >= 0.6 is 0 Å². The summed E-state index contributed by atoms with van der Waals surface area (Å²) in [7, 11) is 0. The van der Waals surface area contributed by atoms with Gasteiger partial charge in [-0.05, 0) is 11.6 Å². The summed E-state index contributed by atoms with van der Waals surface area (Å²) in [5.74, 6) is 0.970. The van der Waals surface area contributed by atoms with E-state index in [4.69, 9.17) is 15.7 Å². The third-order valence-electron chi connectivity index (χ3n) is 5.22. The first-order valence-electron chi connectivity index (χ1n) is 9.49. The number of hydrogen-bond acceptors (Lipinski definition) is 5. The minimum atomic E-state index is -0.453. The van der Waals surface area contributed by atoms with Crippen molar-refractivity contribution in [3.63, 3.8) is 0 Å². The highest BCUT2D eigenvalue weighted by molar-refractivity contribution is 6.09. The zero-order valence-electron chi connectivity index (χ0n) is 15.7. The average Bonchev–Trinajstić information content (AvgIpc) is 3.39. The summed E-state index contributed by atoms with van der Waals surface area (Å²) < 4.78 is 0. The van der Waals surface area contributed by atoms with Gasteiger partial charge >= 0.3 is 0 Å². The maximum Gasteiger partial charge on any atom is 0.249 e. The highest BCUT2D eigenvalue weighted by atomic mass is 16.1. The van der Waals surface area contributed by atoms with Gasteiger partial charge in [-0.15, -0.1) is 0 Å². The highest BCUT2D eigenvalue weighted by Crippen LogP contribution is 2.31. The molecular weight excluding hydrogens is 364 g/mol. The fourth-order valence-electron chi connectivity index (χ4n) is 3.77. The molecule has 0 radical (unpaired) electrons.